The fourth-order valence-electron chi connectivity index (χ4n) is 2.04. The molecule has 1 amide bonds. The van der Waals surface area contributed by atoms with E-state index < -0.39 is 5.54 Å². The summed E-state index contributed by atoms with van der Waals surface area (Å²) in [6.45, 7) is 12.2. The van der Waals surface area contributed by atoms with Gasteiger partial charge in [0.15, 0.2) is 0 Å². The minimum absolute atomic E-state index is 0.237. The smallest absolute Gasteiger partial charge is 0.242 e. The minimum Gasteiger partial charge on any atom is -0.338 e. The van der Waals surface area contributed by atoms with Crippen LogP contribution in [0.2, 0.25) is 0 Å². The monoisotopic (exact) mass is 212 g/mol. The van der Waals surface area contributed by atoms with Crippen molar-refractivity contribution in [3.8, 4) is 0 Å². The highest BCUT2D eigenvalue weighted by atomic mass is 16.2. The van der Waals surface area contributed by atoms with Crippen molar-refractivity contribution in [1.82, 2.24) is 10.2 Å². The molecule has 0 aliphatic carbocycles. The van der Waals surface area contributed by atoms with Crippen molar-refractivity contribution in [1.29, 1.82) is 0 Å². The van der Waals surface area contributed by atoms with Crippen molar-refractivity contribution in [2.75, 3.05) is 13.1 Å². The summed E-state index contributed by atoms with van der Waals surface area (Å²) in [6, 6.07) is 0.356. The Balaban J connectivity index is 2.83. The van der Waals surface area contributed by atoms with Crippen molar-refractivity contribution in [2.45, 2.75) is 52.6 Å². The average molecular weight is 212 g/mol. The maximum Gasteiger partial charge on any atom is 0.242 e. The van der Waals surface area contributed by atoms with Gasteiger partial charge in [-0.25, -0.2) is 0 Å². The van der Waals surface area contributed by atoms with E-state index in [0.29, 0.717) is 12.0 Å². The zero-order chi connectivity index (χ0) is 11.6. The molecular weight excluding hydrogens is 188 g/mol. The molecule has 0 spiro atoms. The molecule has 1 aliphatic rings. The van der Waals surface area contributed by atoms with Crippen molar-refractivity contribution < 1.29 is 4.79 Å². The van der Waals surface area contributed by atoms with Gasteiger partial charge in [0.2, 0.25) is 5.91 Å². The first kappa shape index (κ1) is 12.5. The maximum absolute atomic E-state index is 12.3. The lowest BCUT2D eigenvalue weighted by molar-refractivity contribution is -0.138. The second-order valence-electron chi connectivity index (χ2n) is 5.54. The molecule has 15 heavy (non-hydrogen) atoms. The molecule has 1 fully saturated rings. The second-order valence-corrected chi connectivity index (χ2v) is 5.54. The first-order valence-corrected chi connectivity index (χ1v) is 5.90. The molecule has 0 saturated carbocycles. The lowest BCUT2D eigenvalue weighted by Gasteiger charge is -2.33. The highest BCUT2D eigenvalue weighted by molar-refractivity contribution is 5.86. The van der Waals surface area contributed by atoms with Crippen LogP contribution < -0.4 is 5.32 Å². The van der Waals surface area contributed by atoms with Crippen molar-refractivity contribution in [2.24, 2.45) is 5.92 Å². The number of hydrogen-bond acceptors (Lipinski definition) is 2. The SMILES string of the molecule is CC(C)CN1C(=O)C(C)(C)NCCC1C. The molecule has 1 rings (SSSR count). The Hall–Kier alpha value is -0.570. The van der Waals surface area contributed by atoms with Gasteiger partial charge in [-0.05, 0) is 39.7 Å². The quantitative estimate of drug-likeness (QED) is 0.754. The molecule has 1 heterocycles. The van der Waals surface area contributed by atoms with Crippen molar-refractivity contribution in [3.05, 3.63) is 0 Å². The van der Waals surface area contributed by atoms with E-state index in [2.05, 4.69) is 26.1 Å². The van der Waals surface area contributed by atoms with Gasteiger partial charge in [-0.15, -0.1) is 0 Å². The van der Waals surface area contributed by atoms with Crippen LogP contribution in [0.15, 0.2) is 0 Å². The molecule has 88 valence electrons. The van der Waals surface area contributed by atoms with E-state index in [0.717, 1.165) is 19.5 Å². The molecule has 0 radical (unpaired) electrons. The number of carbonyl (C=O) groups excluding carboxylic acids is 1. The van der Waals surface area contributed by atoms with Crippen molar-refractivity contribution >= 4 is 5.91 Å². The van der Waals surface area contributed by atoms with Gasteiger partial charge in [0.1, 0.15) is 0 Å². The summed E-state index contributed by atoms with van der Waals surface area (Å²) in [5, 5.41) is 3.31. The second kappa shape index (κ2) is 4.52. The molecule has 0 aromatic carbocycles. The van der Waals surface area contributed by atoms with E-state index in [1.807, 2.05) is 18.7 Å². The standard InChI is InChI=1S/C12H24N2O/c1-9(2)8-14-10(3)6-7-13-12(4,5)11(14)15/h9-10,13H,6-8H2,1-5H3. The highest BCUT2D eigenvalue weighted by Gasteiger charge is 2.36. The first-order valence-electron chi connectivity index (χ1n) is 5.90. The van der Waals surface area contributed by atoms with E-state index in [1.165, 1.54) is 0 Å². The molecule has 1 saturated heterocycles. The maximum atomic E-state index is 12.3. The van der Waals surface area contributed by atoms with E-state index in [9.17, 15) is 4.79 Å². The van der Waals surface area contributed by atoms with Gasteiger partial charge in [0.05, 0.1) is 5.54 Å². The Morgan fingerprint density at radius 2 is 2.13 bits per heavy atom. The summed E-state index contributed by atoms with van der Waals surface area (Å²) < 4.78 is 0. The Bertz CT molecular complexity index is 236. The summed E-state index contributed by atoms with van der Waals surface area (Å²) in [5.74, 6) is 0.770. The van der Waals surface area contributed by atoms with E-state index >= 15 is 0 Å². The predicted molar refractivity (Wildman–Crippen MR) is 62.7 cm³/mol. The van der Waals surface area contributed by atoms with Gasteiger partial charge in [0.25, 0.3) is 0 Å². The summed E-state index contributed by atoms with van der Waals surface area (Å²) in [6.07, 6.45) is 1.04. The van der Waals surface area contributed by atoms with E-state index in [1.54, 1.807) is 0 Å². The summed E-state index contributed by atoms with van der Waals surface area (Å²) >= 11 is 0. The molecule has 1 atom stereocenters. The molecule has 3 nitrogen and oxygen atoms in total. The van der Waals surface area contributed by atoms with Crippen molar-refractivity contribution in [3.63, 3.8) is 0 Å². The number of rotatable bonds is 2. The van der Waals surface area contributed by atoms with Gasteiger partial charge < -0.3 is 10.2 Å². The number of amides is 1. The lowest BCUT2D eigenvalue weighted by atomic mass is 10.0. The molecule has 1 aliphatic heterocycles. The lowest BCUT2D eigenvalue weighted by Crippen LogP contribution is -2.53. The minimum atomic E-state index is -0.403. The molecule has 3 heteroatoms. The Morgan fingerprint density at radius 1 is 1.53 bits per heavy atom. The van der Waals surface area contributed by atoms with E-state index in [-0.39, 0.29) is 5.91 Å². The Morgan fingerprint density at radius 3 is 2.67 bits per heavy atom. The Kier molecular flexibility index (Phi) is 3.77. The highest BCUT2D eigenvalue weighted by Crippen LogP contribution is 2.18. The van der Waals surface area contributed by atoms with Gasteiger partial charge in [-0.3, -0.25) is 4.79 Å². The number of hydrogen-bond donors (Lipinski definition) is 1. The molecule has 1 N–H and O–H groups in total. The third-order valence-corrected chi connectivity index (χ3v) is 3.02. The molecule has 1 unspecified atom stereocenters. The summed E-state index contributed by atoms with van der Waals surface area (Å²) in [5.41, 5.74) is -0.403. The van der Waals surface area contributed by atoms with Crippen LogP contribution in [-0.4, -0.2) is 35.5 Å². The van der Waals surface area contributed by atoms with Crippen LogP contribution in [0, 0.1) is 5.92 Å². The van der Waals surface area contributed by atoms with E-state index in [4.69, 9.17) is 0 Å². The molecular formula is C12H24N2O. The Labute approximate surface area is 93.2 Å². The van der Waals surface area contributed by atoms with Crippen LogP contribution in [0.3, 0.4) is 0 Å². The van der Waals surface area contributed by atoms with Crippen LogP contribution >= 0.6 is 0 Å². The van der Waals surface area contributed by atoms with Gasteiger partial charge >= 0.3 is 0 Å². The zero-order valence-corrected chi connectivity index (χ0v) is 10.6. The third-order valence-electron chi connectivity index (χ3n) is 3.02. The van der Waals surface area contributed by atoms with Crippen LogP contribution in [0.5, 0.6) is 0 Å². The number of carbonyl (C=O) groups is 1. The van der Waals surface area contributed by atoms with Crippen LogP contribution in [-0.2, 0) is 4.79 Å². The third kappa shape index (κ3) is 2.94. The van der Waals surface area contributed by atoms with Gasteiger partial charge in [0, 0.05) is 12.6 Å². The fraction of sp³-hybridized carbons (Fsp3) is 0.917. The molecule has 0 bridgehead atoms. The van der Waals surface area contributed by atoms with Gasteiger partial charge in [-0.2, -0.15) is 0 Å². The number of nitrogens with one attached hydrogen (secondary N) is 1. The normalized spacial score (nSPS) is 26.9. The van der Waals surface area contributed by atoms with Gasteiger partial charge in [-0.1, -0.05) is 13.8 Å². The molecule has 0 aromatic rings. The summed E-state index contributed by atoms with van der Waals surface area (Å²) in [7, 11) is 0. The van der Waals surface area contributed by atoms with Crippen LogP contribution in [0.1, 0.15) is 41.0 Å². The van der Waals surface area contributed by atoms with Crippen LogP contribution in [0.25, 0.3) is 0 Å². The molecule has 0 aromatic heterocycles. The zero-order valence-electron chi connectivity index (χ0n) is 10.6. The number of nitrogens with zero attached hydrogens (tertiary/aromatic N) is 1. The average Bonchev–Trinajstić information content (AvgIpc) is 2.18. The first-order chi connectivity index (χ1) is 6.84. The fourth-order valence-corrected chi connectivity index (χ4v) is 2.04. The topological polar surface area (TPSA) is 32.3 Å². The predicted octanol–water partition coefficient (Wildman–Crippen LogP) is 1.63. The van der Waals surface area contributed by atoms with Crippen LogP contribution in [0.4, 0.5) is 0 Å². The largest absolute Gasteiger partial charge is 0.338 e. The summed E-state index contributed by atoms with van der Waals surface area (Å²) in [4.78, 5) is 14.3.